The Balaban J connectivity index is 2.17. The Labute approximate surface area is 126 Å². The third-order valence-electron chi connectivity index (χ3n) is 3.43. The van der Waals surface area contributed by atoms with Crippen molar-refractivity contribution in [2.75, 3.05) is 20.1 Å². The molecule has 0 aliphatic carbocycles. The van der Waals surface area contributed by atoms with Crippen LogP contribution < -0.4 is 15.6 Å². The fraction of sp³-hybridized carbons (Fsp3) is 0.429. The zero-order chi connectivity index (χ0) is 16.1. The van der Waals surface area contributed by atoms with Crippen LogP contribution in [-0.4, -0.2) is 37.6 Å². The molecule has 2 rings (SSSR count). The van der Waals surface area contributed by atoms with Crippen molar-refractivity contribution >= 4 is 5.91 Å². The van der Waals surface area contributed by atoms with E-state index in [2.05, 4.69) is 15.6 Å². The lowest BCUT2D eigenvalue weighted by atomic mass is 9.93. The quantitative estimate of drug-likeness (QED) is 0.795. The van der Waals surface area contributed by atoms with Gasteiger partial charge in [-0.25, -0.2) is 5.43 Å². The summed E-state index contributed by atoms with van der Waals surface area (Å²) in [6, 6.07) is 7.76. The van der Waals surface area contributed by atoms with Crippen LogP contribution in [0, 0.1) is 17.2 Å². The number of hydrogen-bond acceptors (Lipinski definition) is 5. The second-order valence-corrected chi connectivity index (χ2v) is 4.91. The number of hydrogen-bond donors (Lipinski definition) is 2. The minimum atomic E-state index is -2.90. The SMILES string of the molecule is CN(CC#N)C(=O)C1CNNC1c1cccc(OC(F)F)c1. The lowest BCUT2D eigenvalue weighted by Crippen LogP contribution is -2.36. The molecule has 1 amide bonds. The average molecular weight is 310 g/mol. The van der Waals surface area contributed by atoms with E-state index in [1.54, 1.807) is 19.2 Å². The predicted molar refractivity (Wildman–Crippen MR) is 73.7 cm³/mol. The number of halogens is 2. The van der Waals surface area contributed by atoms with Crippen LogP contribution in [0.15, 0.2) is 24.3 Å². The van der Waals surface area contributed by atoms with Crippen LogP contribution in [0.5, 0.6) is 5.75 Å². The molecule has 0 spiro atoms. The first kappa shape index (κ1) is 16.1. The van der Waals surface area contributed by atoms with Gasteiger partial charge in [-0.05, 0) is 17.7 Å². The Morgan fingerprint density at radius 1 is 1.59 bits per heavy atom. The summed E-state index contributed by atoms with van der Waals surface area (Å²) in [5.41, 5.74) is 6.51. The van der Waals surface area contributed by atoms with Crippen LogP contribution in [0.2, 0.25) is 0 Å². The highest BCUT2D eigenvalue weighted by Crippen LogP contribution is 2.29. The van der Waals surface area contributed by atoms with E-state index in [0.717, 1.165) is 0 Å². The Morgan fingerprint density at radius 3 is 3.05 bits per heavy atom. The number of nitrogens with zero attached hydrogens (tertiary/aromatic N) is 2. The summed E-state index contributed by atoms with van der Waals surface area (Å²) in [5, 5.41) is 8.67. The Morgan fingerprint density at radius 2 is 2.36 bits per heavy atom. The first-order valence-corrected chi connectivity index (χ1v) is 6.68. The Bertz CT molecular complexity index is 576. The molecule has 1 aromatic carbocycles. The van der Waals surface area contributed by atoms with E-state index in [-0.39, 0.29) is 24.2 Å². The molecule has 8 heteroatoms. The molecule has 1 aliphatic heterocycles. The van der Waals surface area contributed by atoms with Crippen LogP contribution in [0.3, 0.4) is 0 Å². The van der Waals surface area contributed by atoms with Gasteiger partial charge in [-0.1, -0.05) is 12.1 Å². The Kier molecular flexibility index (Phi) is 5.25. The molecule has 0 bridgehead atoms. The predicted octanol–water partition coefficient (Wildman–Crippen LogP) is 1.04. The van der Waals surface area contributed by atoms with Crippen molar-refractivity contribution in [1.82, 2.24) is 15.8 Å². The maximum atomic E-state index is 12.3. The van der Waals surface area contributed by atoms with Gasteiger partial charge in [-0.15, -0.1) is 0 Å². The highest BCUT2D eigenvalue weighted by atomic mass is 19.3. The number of benzene rings is 1. The van der Waals surface area contributed by atoms with Crippen LogP contribution in [0.1, 0.15) is 11.6 Å². The highest BCUT2D eigenvalue weighted by Gasteiger charge is 2.35. The first-order chi connectivity index (χ1) is 10.5. The van der Waals surface area contributed by atoms with Crippen molar-refractivity contribution in [1.29, 1.82) is 5.26 Å². The molecule has 1 aliphatic rings. The summed E-state index contributed by atoms with van der Waals surface area (Å²) in [4.78, 5) is 13.7. The zero-order valence-corrected chi connectivity index (χ0v) is 11.9. The van der Waals surface area contributed by atoms with Crippen LogP contribution >= 0.6 is 0 Å². The van der Waals surface area contributed by atoms with Crippen LogP contribution in [0.4, 0.5) is 8.78 Å². The monoisotopic (exact) mass is 310 g/mol. The molecule has 22 heavy (non-hydrogen) atoms. The largest absolute Gasteiger partial charge is 0.435 e. The number of nitrogens with one attached hydrogen (secondary N) is 2. The van der Waals surface area contributed by atoms with Gasteiger partial charge in [0.1, 0.15) is 12.3 Å². The van der Waals surface area contributed by atoms with Gasteiger partial charge in [0.15, 0.2) is 0 Å². The third-order valence-corrected chi connectivity index (χ3v) is 3.43. The fourth-order valence-electron chi connectivity index (χ4n) is 2.39. The van der Waals surface area contributed by atoms with Crippen LogP contribution in [-0.2, 0) is 4.79 Å². The standard InChI is InChI=1S/C14H16F2N4O2/c1-20(6-5-17)13(21)11-8-18-19-12(11)9-3-2-4-10(7-9)22-14(15)16/h2-4,7,11-12,14,18-19H,6,8H2,1H3. The summed E-state index contributed by atoms with van der Waals surface area (Å²) in [5.74, 6) is -0.581. The third kappa shape index (κ3) is 3.69. The van der Waals surface area contributed by atoms with Crippen molar-refractivity contribution in [2.45, 2.75) is 12.7 Å². The van der Waals surface area contributed by atoms with Crippen molar-refractivity contribution < 1.29 is 18.3 Å². The molecule has 1 fully saturated rings. The molecule has 118 valence electrons. The van der Waals surface area contributed by atoms with Gasteiger partial charge in [0.25, 0.3) is 0 Å². The molecule has 0 aromatic heterocycles. The normalized spacial score (nSPS) is 20.7. The van der Waals surface area contributed by atoms with Crippen molar-refractivity contribution in [2.24, 2.45) is 5.92 Å². The molecule has 1 saturated heterocycles. The number of amides is 1. The molecular weight excluding hydrogens is 294 g/mol. The van der Waals surface area contributed by atoms with E-state index in [9.17, 15) is 13.6 Å². The minimum absolute atomic E-state index is 0.00339. The van der Waals surface area contributed by atoms with E-state index < -0.39 is 12.5 Å². The van der Waals surface area contributed by atoms with Gasteiger partial charge < -0.3 is 9.64 Å². The zero-order valence-electron chi connectivity index (χ0n) is 11.9. The lowest BCUT2D eigenvalue weighted by molar-refractivity contribution is -0.133. The molecule has 2 unspecified atom stereocenters. The second-order valence-electron chi connectivity index (χ2n) is 4.91. The molecule has 0 saturated carbocycles. The number of ether oxygens (including phenoxy) is 1. The molecule has 1 aromatic rings. The fourth-order valence-corrected chi connectivity index (χ4v) is 2.39. The van der Waals surface area contributed by atoms with E-state index in [1.807, 2.05) is 6.07 Å². The van der Waals surface area contributed by atoms with Gasteiger partial charge >= 0.3 is 6.61 Å². The second kappa shape index (κ2) is 7.15. The molecule has 2 atom stereocenters. The van der Waals surface area contributed by atoms with Gasteiger partial charge in [0.2, 0.25) is 5.91 Å². The number of nitriles is 1. The molecule has 0 radical (unpaired) electrons. The maximum absolute atomic E-state index is 12.3. The van der Waals surface area contributed by atoms with Gasteiger partial charge in [0.05, 0.1) is 18.0 Å². The smallest absolute Gasteiger partial charge is 0.387 e. The average Bonchev–Trinajstić information content (AvgIpc) is 2.95. The molecular formula is C14H16F2N4O2. The lowest BCUT2D eigenvalue weighted by Gasteiger charge is -2.23. The van der Waals surface area contributed by atoms with E-state index >= 15 is 0 Å². The van der Waals surface area contributed by atoms with Crippen molar-refractivity contribution in [3.05, 3.63) is 29.8 Å². The van der Waals surface area contributed by atoms with E-state index in [4.69, 9.17) is 5.26 Å². The summed E-state index contributed by atoms with van der Waals surface area (Å²) >= 11 is 0. The van der Waals surface area contributed by atoms with E-state index in [1.165, 1.54) is 17.0 Å². The molecule has 6 nitrogen and oxygen atoms in total. The number of alkyl halides is 2. The van der Waals surface area contributed by atoms with Gasteiger partial charge in [0, 0.05) is 13.6 Å². The summed E-state index contributed by atoms with van der Waals surface area (Å²) in [7, 11) is 1.55. The van der Waals surface area contributed by atoms with Crippen molar-refractivity contribution in [3.8, 4) is 11.8 Å². The number of rotatable bonds is 5. The number of carbonyl (C=O) groups is 1. The van der Waals surface area contributed by atoms with Gasteiger partial charge in [-0.2, -0.15) is 14.0 Å². The van der Waals surface area contributed by atoms with Gasteiger partial charge in [-0.3, -0.25) is 10.2 Å². The Hall–Kier alpha value is -2.24. The summed E-state index contributed by atoms with van der Waals surface area (Å²) in [6.07, 6.45) is 0. The molecule has 2 N–H and O–H groups in total. The summed E-state index contributed by atoms with van der Waals surface area (Å²) < 4.78 is 28.9. The number of carbonyl (C=O) groups excluding carboxylic acids is 1. The van der Waals surface area contributed by atoms with Crippen molar-refractivity contribution in [3.63, 3.8) is 0 Å². The minimum Gasteiger partial charge on any atom is -0.435 e. The van der Waals surface area contributed by atoms with Crippen LogP contribution in [0.25, 0.3) is 0 Å². The topological polar surface area (TPSA) is 77.4 Å². The maximum Gasteiger partial charge on any atom is 0.387 e. The highest BCUT2D eigenvalue weighted by molar-refractivity contribution is 5.80. The van der Waals surface area contributed by atoms with E-state index in [0.29, 0.717) is 12.1 Å². The molecule has 1 heterocycles. The number of hydrazine groups is 1. The summed E-state index contributed by atoms with van der Waals surface area (Å²) in [6.45, 7) is -2.51. The first-order valence-electron chi connectivity index (χ1n) is 6.68.